The van der Waals surface area contributed by atoms with Crippen LogP contribution >= 0.6 is 15.9 Å². The summed E-state index contributed by atoms with van der Waals surface area (Å²) < 4.78 is 10.6. The zero-order valence-electron chi connectivity index (χ0n) is 12.3. The summed E-state index contributed by atoms with van der Waals surface area (Å²) in [6.45, 7) is 0.521. The van der Waals surface area contributed by atoms with Crippen molar-refractivity contribution in [2.24, 2.45) is 0 Å². The number of carbonyl (C=O) groups is 1. The van der Waals surface area contributed by atoms with Gasteiger partial charge in [0.1, 0.15) is 0 Å². The topological polar surface area (TPSA) is 38.8 Å². The largest absolute Gasteiger partial charge is 0.493 e. The minimum absolute atomic E-state index is 0.149. The monoisotopic (exact) mass is 343 g/mol. The molecular formula is C15H22BrNO3. The SMILES string of the molecule is COc1cccc(CN(C)C(=O)CCCCBr)c1OC. The third-order valence-corrected chi connectivity index (χ3v) is 3.65. The Morgan fingerprint density at radius 1 is 1.25 bits per heavy atom. The molecule has 0 saturated carbocycles. The number of halogens is 1. The lowest BCUT2D eigenvalue weighted by Gasteiger charge is -2.20. The first-order valence-corrected chi connectivity index (χ1v) is 7.76. The Balaban J connectivity index is 2.70. The maximum Gasteiger partial charge on any atom is 0.222 e. The van der Waals surface area contributed by atoms with Gasteiger partial charge >= 0.3 is 0 Å². The molecule has 20 heavy (non-hydrogen) atoms. The molecule has 1 amide bonds. The number of rotatable bonds is 8. The number of ether oxygens (including phenoxy) is 2. The van der Waals surface area contributed by atoms with Gasteiger partial charge in [-0.15, -0.1) is 0 Å². The van der Waals surface area contributed by atoms with Gasteiger partial charge in [-0.1, -0.05) is 28.1 Å². The molecule has 0 fully saturated rings. The van der Waals surface area contributed by atoms with E-state index in [-0.39, 0.29) is 5.91 Å². The summed E-state index contributed by atoms with van der Waals surface area (Å²) in [6, 6.07) is 5.70. The molecule has 4 nitrogen and oxygen atoms in total. The van der Waals surface area contributed by atoms with Gasteiger partial charge in [0.25, 0.3) is 0 Å². The fraction of sp³-hybridized carbons (Fsp3) is 0.533. The fourth-order valence-electron chi connectivity index (χ4n) is 1.98. The first kappa shape index (κ1) is 16.8. The van der Waals surface area contributed by atoms with E-state index in [1.165, 1.54) is 0 Å². The van der Waals surface area contributed by atoms with E-state index in [1.54, 1.807) is 19.1 Å². The molecule has 0 aromatic heterocycles. The van der Waals surface area contributed by atoms with Crippen molar-refractivity contribution >= 4 is 21.8 Å². The van der Waals surface area contributed by atoms with Crippen LogP contribution in [0.4, 0.5) is 0 Å². The maximum atomic E-state index is 12.0. The maximum absolute atomic E-state index is 12.0. The van der Waals surface area contributed by atoms with Crippen molar-refractivity contribution in [2.45, 2.75) is 25.8 Å². The quantitative estimate of drug-likeness (QED) is 0.537. The van der Waals surface area contributed by atoms with Crippen LogP contribution in [-0.2, 0) is 11.3 Å². The van der Waals surface area contributed by atoms with Crippen molar-refractivity contribution in [3.05, 3.63) is 23.8 Å². The minimum atomic E-state index is 0.149. The Morgan fingerprint density at radius 2 is 2.00 bits per heavy atom. The number of hydrogen-bond donors (Lipinski definition) is 0. The van der Waals surface area contributed by atoms with E-state index in [9.17, 15) is 4.79 Å². The Hall–Kier alpha value is -1.23. The van der Waals surface area contributed by atoms with Crippen LogP contribution in [-0.4, -0.2) is 37.4 Å². The Morgan fingerprint density at radius 3 is 2.60 bits per heavy atom. The van der Waals surface area contributed by atoms with Gasteiger partial charge in [-0.2, -0.15) is 0 Å². The second-order valence-electron chi connectivity index (χ2n) is 4.55. The van der Waals surface area contributed by atoms with Crippen LogP contribution in [0.5, 0.6) is 11.5 Å². The standard InChI is InChI=1S/C15H22BrNO3/c1-17(14(18)9-4-5-10-16)11-12-7-6-8-13(19-2)15(12)20-3/h6-8H,4-5,9-11H2,1-3H3. The highest BCUT2D eigenvalue weighted by atomic mass is 79.9. The Labute approximate surface area is 129 Å². The molecule has 112 valence electrons. The summed E-state index contributed by atoms with van der Waals surface area (Å²) in [4.78, 5) is 13.7. The van der Waals surface area contributed by atoms with Crippen LogP contribution in [0.15, 0.2) is 18.2 Å². The summed E-state index contributed by atoms with van der Waals surface area (Å²) in [6.07, 6.45) is 2.50. The van der Waals surface area contributed by atoms with Crippen LogP contribution < -0.4 is 9.47 Å². The summed E-state index contributed by atoms with van der Waals surface area (Å²) in [5.41, 5.74) is 0.947. The Kier molecular flexibility index (Phi) is 7.44. The molecule has 0 spiro atoms. The van der Waals surface area contributed by atoms with Crippen molar-refractivity contribution < 1.29 is 14.3 Å². The van der Waals surface area contributed by atoms with Crippen LogP contribution in [0, 0.1) is 0 Å². The Bertz CT molecular complexity index is 437. The van der Waals surface area contributed by atoms with Crippen molar-refractivity contribution in [3.8, 4) is 11.5 Å². The molecule has 0 aliphatic carbocycles. The van der Waals surface area contributed by atoms with Gasteiger partial charge in [-0.25, -0.2) is 0 Å². The van der Waals surface area contributed by atoms with E-state index < -0.39 is 0 Å². The second kappa shape index (κ2) is 8.84. The van der Waals surface area contributed by atoms with Crippen LogP contribution in [0.1, 0.15) is 24.8 Å². The van der Waals surface area contributed by atoms with Crippen molar-refractivity contribution in [1.82, 2.24) is 4.90 Å². The predicted octanol–water partition coefficient (Wildman–Crippen LogP) is 3.23. The number of alkyl halides is 1. The highest BCUT2D eigenvalue weighted by Gasteiger charge is 2.14. The first-order valence-electron chi connectivity index (χ1n) is 6.63. The number of carbonyl (C=O) groups excluding carboxylic acids is 1. The summed E-state index contributed by atoms with van der Waals surface area (Å²) in [7, 11) is 5.03. The predicted molar refractivity (Wildman–Crippen MR) is 83.7 cm³/mol. The van der Waals surface area contributed by atoms with E-state index in [4.69, 9.17) is 9.47 Å². The third-order valence-electron chi connectivity index (χ3n) is 3.09. The molecular weight excluding hydrogens is 322 g/mol. The van der Waals surface area contributed by atoms with E-state index >= 15 is 0 Å². The van der Waals surface area contributed by atoms with Crippen LogP contribution in [0.3, 0.4) is 0 Å². The molecule has 1 aromatic carbocycles. The number of para-hydroxylation sites is 1. The second-order valence-corrected chi connectivity index (χ2v) is 5.34. The lowest BCUT2D eigenvalue weighted by molar-refractivity contribution is -0.130. The molecule has 0 aliphatic rings. The zero-order valence-corrected chi connectivity index (χ0v) is 13.9. The molecule has 0 bridgehead atoms. The van der Waals surface area contributed by atoms with Gasteiger partial charge in [0.15, 0.2) is 11.5 Å². The summed E-state index contributed by atoms with van der Waals surface area (Å²) >= 11 is 3.37. The third kappa shape index (κ3) is 4.71. The molecule has 1 aromatic rings. The normalized spacial score (nSPS) is 10.2. The van der Waals surface area contributed by atoms with E-state index in [0.717, 1.165) is 23.7 Å². The molecule has 0 unspecified atom stereocenters. The number of unbranched alkanes of at least 4 members (excludes halogenated alkanes) is 1. The highest BCUT2D eigenvalue weighted by molar-refractivity contribution is 9.09. The summed E-state index contributed by atoms with van der Waals surface area (Å²) in [5, 5.41) is 0.938. The average molecular weight is 344 g/mol. The lowest BCUT2D eigenvalue weighted by atomic mass is 10.1. The van der Waals surface area contributed by atoms with Gasteiger partial charge in [-0.05, 0) is 18.9 Å². The number of methoxy groups -OCH3 is 2. The first-order chi connectivity index (χ1) is 9.63. The van der Waals surface area contributed by atoms with Crippen LogP contribution in [0.2, 0.25) is 0 Å². The van der Waals surface area contributed by atoms with Gasteiger partial charge in [0.2, 0.25) is 5.91 Å². The van der Waals surface area contributed by atoms with Gasteiger partial charge < -0.3 is 14.4 Å². The zero-order chi connectivity index (χ0) is 15.0. The van der Waals surface area contributed by atoms with Crippen molar-refractivity contribution in [1.29, 1.82) is 0 Å². The van der Waals surface area contributed by atoms with E-state index in [0.29, 0.717) is 24.5 Å². The highest BCUT2D eigenvalue weighted by Crippen LogP contribution is 2.31. The molecule has 0 radical (unpaired) electrons. The number of amides is 1. The van der Waals surface area contributed by atoms with Gasteiger partial charge in [0.05, 0.1) is 14.2 Å². The van der Waals surface area contributed by atoms with Crippen LogP contribution in [0.25, 0.3) is 0 Å². The number of hydrogen-bond acceptors (Lipinski definition) is 3. The average Bonchev–Trinajstić information content (AvgIpc) is 2.46. The van der Waals surface area contributed by atoms with Crippen molar-refractivity contribution in [3.63, 3.8) is 0 Å². The summed E-state index contributed by atoms with van der Waals surface area (Å²) in [5.74, 6) is 1.52. The molecule has 0 saturated heterocycles. The number of benzene rings is 1. The van der Waals surface area contributed by atoms with E-state index in [2.05, 4.69) is 15.9 Å². The lowest BCUT2D eigenvalue weighted by Crippen LogP contribution is -2.26. The fourth-order valence-corrected chi connectivity index (χ4v) is 2.38. The molecule has 5 heteroatoms. The molecule has 0 aliphatic heterocycles. The van der Waals surface area contributed by atoms with Gasteiger partial charge in [-0.3, -0.25) is 4.79 Å². The molecule has 0 N–H and O–H groups in total. The molecule has 0 atom stereocenters. The van der Waals surface area contributed by atoms with E-state index in [1.807, 2.05) is 25.2 Å². The van der Waals surface area contributed by atoms with Gasteiger partial charge in [0, 0.05) is 30.9 Å². The molecule has 0 heterocycles. The smallest absolute Gasteiger partial charge is 0.222 e. The number of nitrogens with zero attached hydrogens (tertiary/aromatic N) is 1. The van der Waals surface area contributed by atoms with Crippen molar-refractivity contribution in [2.75, 3.05) is 26.6 Å². The minimum Gasteiger partial charge on any atom is -0.493 e. The molecule has 1 rings (SSSR count).